The summed E-state index contributed by atoms with van der Waals surface area (Å²) in [4.78, 5) is 20.7. The summed E-state index contributed by atoms with van der Waals surface area (Å²) in [6.07, 6.45) is 3.43. The molecule has 4 rings (SSSR count). The normalized spacial score (nSPS) is 10.8. The van der Waals surface area contributed by atoms with Crippen LogP contribution in [0.25, 0.3) is 5.78 Å². The predicted octanol–water partition coefficient (Wildman–Crippen LogP) is 3.89. The SMILES string of the molecule is O=C(CSc1nc2ncccn2n1)c1ccc(Oc2ccccc2)cc1. The number of carbonyl (C=O) groups excluding carboxylic acids is 1. The van der Waals surface area contributed by atoms with Gasteiger partial charge in [0.1, 0.15) is 11.5 Å². The molecule has 0 atom stereocenters. The van der Waals surface area contributed by atoms with E-state index in [1.807, 2.05) is 30.3 Å². The number of thioether (sulfide) groups is 1. The van der Waals surface area contributed by atoms with Crippen molar-refractivity contribution in [3.63, 3.8) is 0 Å². The summed E-state index contributed by atoms with van der Waals surface area (Å²) < 4.78 is 7.32. The zero-order valence-corrected chi connectivity index (χ0v) is 14.5. The highest BCUT2D eigenvalue weighted by molar-refractivity contribution is 7.99. The third-order valence-electron chi connectivity index (χ3n) is 3.58. The Balaban J connectivity index is 1.38. The predicted molar refractivity (Wildman–Crippen MR) is 98.8 cm³/mol. The van der Waals surface area contributed by atoms with Crippen molar-refractivity contribution in [3.8, 4) is 11.5 Å². The number of rotatable bonds is 6. The summed E-state index contributed by atoms with van der Waals surface area (Å²) in [5, 5.41) is 4.80. The number of hydrogen-bond acceptors (Lipinski definition) is 6. The number of para-hydroxylation sites is 1. The molecule has 6 nitrogen and oxygen atoms in total. The van der Waals surface area contributed by atoms with Crippen molar-refractivity contribution in [1.82, 2.24) is 19.6 Å². The van der Waals surface area contributed by atoms with Crippen molar-refractivity contribution in [2.24, 2.45) is 0 Å². The number of nitrogens with zero attached hydrogens (tertiary/aromatic N) is 4. The van der Waals surface area contributed by atoms with Crippen LogP contribution in [0, 0.1) is 0 Å². The lowest BCUT2D eigenvalue weighted by atomic mass is 10.1. The van der Waals surface area contributed by atoms with Crippen molar-refractivity contribution in [1.29, 1.82) is 0 Å². The molecule has 2 heterocycles. The summed E-state index contributed by atoms with van der Waals surface area (Å²) >= 11 is 1.29. The fourth-order valence-electron chi connectivity index (χ4n) is 2.32. The molecule has 0 aliphatic carbocycles. The summed E-state index contributed by atoms with van der Waals surface area (Å²) in [5.74, 6) is 2.23. The largest absolute Gasteiger partial charge is 0.457 e. The first-order valence-electron chi connectivity index (χ1n) is 7.94. The molecule has 0 unspecified atom stereocenters. The average Bonchev–Trinajstić information content (AvgIpc) is 3.10. The maximum Gasteiger partial charge on any atom is 0.253 e. The van der Waals surface area contributed by atoms with Crippen LogP contribution in [0.3, 0.4) is 0 Å². The highest BCUT2D eigenvalue weighted by Gasteiger charge is 2.10. The molecule has 0 aliphatic rings. The second-order valence-corrected chi connectivity index (χ2v) is 6.35. The molecule has 128 valence electrons. The van der Waals surface area contributed by atoms with Gasteiger partial charge in [0, 0.05) is 18.0 Å². The van der Waals surface area contributed by atoms with Gasteiger partial charge in [-0.25, -0.2) is 9.50 Å². The Labute approximate surface area is 153 Å². The monoisotopic (exact) mass is 362 g/mol. The van der Waals surface area contributed by atoms with Crippen LogP contribution in [-0.2, 0) is 0 Å². The first-order valence-corrected chi connectivity index (χ1v) is 8.93. The number of Topliss-reactive ketones (excluding diaryl/α,β-unsaturated/α-hetero) is 1. The lowest BCUT2D eigenvalue weighted by Gasteiger charge is -2.06. The Morgan fingerprint density at radius 3 is 2.54 bits per heavy atom. The molecule has 0 N–H and O–H groups in total. The Morgan fingerprint density at radius 2 is 1.77 bits per heavy atom. The van der Waals surface area contributed by atoms with Crippen LogP contribution in [0.2, 0.25) is 0 Å². The number of hydrogen-bond donors (Lipinski definition) is 0. The highest BCUT2D eigenvalue weighted by atomic mass is 32.2. The van der Waals surface area contributed by atoms with Crippen LogP contribution in [0.15, 0.2) is 78.2 Å². The van der Waals surface area contributed by atoms with E-state index in [-0.39, 0.29) is 11.5 Å². The molecule has 0 amide bonds. The van der Waals surface area contributed by atoms with Gasteiger partial charge in [0.2, 0.25) is 5.16 Å². The molecule has 4 aromatic rings. The van der Waals surface area contributed by atoms with E-state index in [9.17, 15) is 4.79 Å². The van der Waals surface area contributed by atoms with Crippen LogP contribution in [0.1, 0.15) is 10.4 Å². The number of aromatic nitrogens is 4. The molecule has 2 aromatic heterocycles. The van der Waals surface area contributed by atoms with Gasteiger partial charge in [-0.3, -0.25) is 4.79 Å². The second-order valence-electron chi connectivity index (χ2n) is 5.41. The second kappa shape index (κ2) is 7.37. The van der Waals surface area contributed by atoms with Crippen LogP contribution in [-0.4, -0.2) is 31.1 Å². The average molecular weight is 362 g/mol. The fourth-order valence-corrected chi connectivity index (χ4v) is 3.04. The number of ketones is 1. The summed E-state index contributed by atoms with van der Waals surface area (Å²) in [5.41, 5.74) is 0.625. The Bertz CT molecular complexity index is 999. The molecule has 0 saturated carbocycles. The molecule has 0 saturated heterocycles. The lowest BCUT2D eigenvalue weighted by molar-refractivity contribution is 0.102. The Hall–Kier alpha value is -3.19. The third-order valence-corrected chi connectivity index (χ3v) is 4.42. The topological polar surface area (TPSA) is 69.4 Å². The van der Waals surface area contributed by atoms with E-state index >= 15 is 0 Å². The number of fused-ring (bicyclic) bond motifs is 1. The lowest BCUT2D eigenvalue weighted by Crippen LogP contribution is -2.02. The zero-order valence-electron chi connectivity index (χ0n) is 13.6. The van der Waals surface area contributed by atoms with Gasteiger partial charge >= 0.3 is 0 Å². The summed E-state index contributed by atoms with van der Waals surface area (Å²) in [6.45, 7) is 0. The molecular formula is C19H14N4O2S. The maximum atomic E-state index is 12.4. The third kappa shape index (κ3) is 3.73. The minimum atomic E-state index is 0.00748. The van der Waals surface area contributed by atoms with Crippen LogP contribution in [0.4, 0.5) is 0 Å². The van der Waals surface area contributed by atoms with Gasteiger partial charge in [-0.05, 0) is 42.5 Å². The molecule has 7 heteroatoms. The summed E-state index contributed by atoms with van der Waals surface area (Å²) in [7, 11) is 0. The van der Waals surface area contributed by atoms with Crippen LogP contribution in [0.5, 0.6) is 11.5 Å². The van der Waals surface area contributed by atoms with Gasteiger partial charge in [0.25, 0.3) is 5.78 Å². The van der Waals surface area contributed by atoms with Crippen molar-refractivity contribution in [2.45, 2.75) is 5.16 Å². The van der Waals surface area contributed by atoms with E-state index in [1.165, 1.54) is 11.8 Å². The van der Waals surface area contributed by atoms with Gasteiger partial charge < -0.3 is 4.74 Å². The van der Waals surface area contributed by atoms with Crippen molar-refractivity contribution < 1.29 is 9.53 Å². The van der Waals surface area contributed by atoms with Crippen molar-refractivity contribution in [3.05, 3.63) is 78.6 Å². The Morgan fingerprint density at radius 1 is 1.00 bits per heavy atom. The van der Waals surface area contributed by atoms with Gasteiger partial charge in [0.05, 0.1) is 5.75 Å². The molecule has 0 radical (unpaired) electrons. The van der Waals surface area contributed by atoms with Crippen LogP contribution >= 0.6 is 11.8 Å². The number of benzene rings is 2. The van der Waals surface area contributed by atoms with E-state index in [4.69, 9.17) is 4.74 Å². The van der Waals surface area contributed by atoms with Gasteiger partial charge in [-0.2, -0.15) is 4.98 Å². The quantitative estimate of drug-likeness (QED) is 0.383. The van der Waals surface area contributed by atoms with E-state index in [0.29, 0.717) is 22.2 Å². The fraction of sp³-hybridized carbons (Fsp3) is 0.0526. The zero-order chi connectivity index (χ0) is 17.8. The highest BCUT2D eigenvalue weighted by Crippen LogP contribution is 2.22. The number of carbonyl (C=O) groups is 1. The molecule has 0 bridgehead atoms. The first-order chi connectivity index (χ1) is 12.8. The number of ether oxygens (including phenoxy) is 1. The molecule has 0 fully saturated rings. The summed E-state index contributed by atoms with van der Waals surface area (Å²) in [6, 6.07) is 18.4. The van der Waals surface area contributed by atoms with Gasteiger partial charge in [-0.1, -0.05) is 30.0 Å². The van der Waals surface area contributed by atoms with E-state index < -0.39 is 0 Å². The maximum absolute atomic E-state index is 12.4. The molecular weight excluding hydrogens is 348 g/mol. The smallest absolute Gasteiger partial charge is 0.253 e. The molecule has 2 aromatic carbocycles. The molecule has 26 heavy (non-hydrogen) atoms. The first kappa shape index (κ1) is 16.3. The molecule has 0 aliphatic heterocycles. The Kier molecular flexibility index (Phi) is 4.61. The molecule has 0 spiro atoms. The minimum absolute atomic E-state index is 0.00748. The van der Waals surface area contributed by atoms with E-state index in [0.717, 1.165) is 5.75 Å². The standard InChI is InChI=1S/C19H14N4O2S/c24-17(13-26-19-21-18-20-11-4-12-23(18)22-19)14-7-9-16(10-8-14)25-15-5-2-1-3-6-15/h1-12H,13H2. The van der Waals surface area contributed by atoms with Crippen molar-refractivity contribution in [2.75, 3.05) is 5.75 Å². The van der Waals surface area contributed by atoms with Crippen molar-refractivity contribution >= 4 is 23.3 Å². The minimum Gasteiger partial charge on any atom is -0.457 e. The van der Waals surface area contributed by atoms with Crippen LogP contribution < -0.4 is 4.74 Å². The van der Waals surface area contributed by atoms with E-state index in [1.54, 1.807) is 47.2 Å². The van der Waals surface area contributed by atoms with Gasteiger partial charge in [-0.15, -0.1) is 5.10 Å². The van der Waals surface area contributed by atoms with Gasteiger partial charge in [0.15, 0.2) is 5.78 Å². The van der Waals surface area contributed by atoms with E-state index in [2.05, 4.69) is 15.1 Å².